The van der Waals surface area contributed by atoms with Gasteiger partial charge in [-0.15, -0.1) is 0 Å². The largest absolute Gasteiger partial charge is 0.390 e. The monoisotopic (exact) mass is 563 g/mol. The summed E-state index contributed by atoms with van der Waals surface area (Å²) in [6.07, 6.45) is 4.79. The first-order chi connectivity index (χ1) is 20.5. The molecule has 3 aromatic heterocycles. The Bertz CT molecular complexity index is 1680. The van der Waals surface area contributed by atoms with Crippen LogP contribution in [0.1, 0.15) is 16.7 Å². The highest BCUT2D eigenvalue weighted by atomic mass is 19.3. The number of benzene rings is 3. The molecule has 210 valence electrons. The number of pyridine rings is 1. The summed E-state index contributed by atoms with van der Waals surface area (Å²) in [6, 6.07) is 34.1. The van der Waals surface area contributed by atoms with Gasteiger partial charge in [0.25, 0.3) is 5.92 Å². The molecule has 3 heterocycles. The van der Waals surface area contributed by atoms with Crippen LogP contribution in [0.5, 0.6) is 0 Å². The number of rotatable bonds is 10. The standard InChI is InChI=1S/C32H27F2N7O/c33-31(34,21-42)20-36-28-17-30(38-22-37-28)40-29-16-27-23(18-35-29)19-39-41(27)32(24-10-4-1-5-11-24,25-12-6-2-7-13-25)26-14-8-3-9-15-26/h1-19,22,42H,20-21H2,(H2,35,36,37,38,40). The highest BCUT2D eigenvalue weighted by molar-refractivity contribution is 5.82. The molecule has 0 aliphatic heterocycles. The van der Waals surface area contributed by atoms with Gasteiger partial charge in [-0.3, -0.25) is 0 Å². The smallest absolute Gasteiger partial charge is 0.287 e. The van der Waals surface area contributed by atoms with Crippen molar-refractivity contribution in [2.24, 2.45) is 0 Å². The van der Waals surface area contributed by atoms with E-state index in [-0.39, 0.29) is 5.82 Å². The Hall–Kier alpha value is -5.22. The summed E-state index contributed by atoms with van der Waals surface area (Å²) in [5, 5.41) is 20.3. The molecule has 0 saturated heterocycles. The lowest BCUT2D eigenvalue weighted by molar-refractivity contribution is -0.0373. The van der Waals surface area contributed by atoms with E-state index in [0.29, 0.717) is 11.6 Å². The minimum atomic E-state index is -3.27. The number of halogens is 2. The Kier molecular flexibility index (Phi) is 7.28. The van der Waals surface area contributed by atoms with Gasteiger partial charge in [-0.05, 0) is 16.7 Å². The molecular formula is C32H27F2N7O. The van der Waals surface area contributed by atoms with E-state index in [2.05, 4.69) is 62.0 Å². The van der Waals surface area contributed by atoms with Crippen molar-refractivity contribution in [3.8, 4) is 0 Å². The maximum Gasteiger partial charge on any atom is 0.287 e. The van der Waals surface area contributed by atoms with Gasteiger partial charge in [0.2, 0.25) is 0 Å². The van der Waals surface area contributed by atoms with Crippen LogP contribution < -0.4 is 10.6 Å². The van der Waals surface area contributed by atoms with Gasteiger partial charge in [0.05, 0.1) is 18.3 Å². The third kappa shape index (κ3) is 5.15. The van der Waals surface area contributed by atoms with Crippen molar-refractivity contribution >= 4 is 28.4 Å². The predicted molar refractivity (Wildman–Crippen MR) is 158 cm³/mol. The summed E-state index contributed by atoms with van der Waals surface area (Å²) in [6.45, 7) is -2.02. The van der Waals surface area contributed by atoms with Gasteiger partial charge in [-0.2, -0.15) is 5.10 Å². The van der Waals surface area contributed by atoms with Crippen LogP contribution in [0, 0.1) is 0 Å². The van der Waals surface area contributed by atoms with Gasteiger partial charge in [-0.1, -0.05) is 91.0 Å². The predicted octanol–water partition coefficient (Wildman–Crippen LogP) is 5.84. The Morgan fingerprint density at radius 2 is 1.24 bits per heavy atom. The number of anilines is 3. The summed E-state index contributed by atoms with van der Waals surface area (Å²) in [5.41, 5.74) is 3.10. The Balaban J connectivity index is 1.46. The first-order valence-electron chi connectivity index (χ1n) is 13.3. The average molecular weight is 564 g/mol. The van der Waals surface area contributed by atoms with Crippen molar-refractivity contribution in [1.29, 1.82) is 0 Å². The van der Waals surface area contributed by atoms with Gasteiger partial charge in [0.1, 0.15) is 35.9 Å². The quantitative estimate of drug-likeness (QED) is 0.180. The van der Waals surface area contributed by atoms with Crippen LogP contribution in [0.25, 0.3) is 10.9 Å². The molecule has 42 heavy (non-hydrogen) atoms. The molecule has 0 radical (unpaired) electrons. The van der Waals surface area contributed by atoms with E-state index in [1.807, 2.05) is 65.3 Å². The van der Waals surface area contributed by atoms with Crippen LogP contribution in [-0.4, -0.2) is 48.9 Å². The molecule has 0 fully saturated rings. The third-order valence-corrected chi connectivity index (χ3v) is 7.03. The van der Waals surface area contributed by atoms with Crippen molar-refractivity contribution in [3.05, 3.63) is 139 Å². The first-order valence-corrected chi connectivity index (χ1v) is 13.3. The molecular weight excluding hydrogens is 536 g/mol. The number of aliphatic hydroxyl groups excluding tert-OH is 1. The summed E-state index contributed by atoms with van der Waals surface area (Å²) in [7, 11) is 0. The molecule has 0 saturated carbocycles. The number of nitrogens with zero attached hydrogens (tertiary/aromatic N) is 5. The van der Waals surface area contributed by atoms with Crippen molar-refractivity contribution < 1.29 is 13.9 Å². The Labute approximate surface area is 240 Å². The van der Waals surface area contributed by atoms with Crippen LogP contribution in [0.4, 0.5) is 26.2 Å². The fourth-order valence-electron chi connectivity index (χ4n) is 5.09. The van der Waals surface area contributed by atoms with E-state index >= 15 is 0 Å². The molecule has 0 atom stereocenters. The molecule has 0 aliphatic carbocycles. The fraction of sp³-hybridized carbons (Fsp3) is 0.125. The molecule has 0 spiro atoms. The lowest BCUT2D eigenvalue weighted by Crippen LogP contribution is -2.38. The minimum Gasteiger partial charge on any atom is -0.390 e. The van der Waals surface area contributed by atoms with E-state index in [1.54, 1.807) is 12.4 Å². The van der Waals surface area contributed by atoms with Crippen molar-refractivity contribution in [3.63, 3.8) is 0 Å². The highest BCUT2D eigenvalue weighted by Gasteiger charge is 2.40. The van der Waals surface area contributed by atoms with Crippen molar-refractivity contribution in [1.82, 2.24) is 24.7 Å². The number of nitrogens with one attached hydrogen (secondary N) is 2. The van der Waals surface area contributed by atoms with Crippen LogP contribution in [-0.2, 0) is 5.54 Å². The van der Waals surface area contributed by atoms with E-state index in [4.69, 9.17) is 10.2 Å². The molecule has 0 unspecified atom stereocenters. The SMILES string of the molecule is OCC(F)(F)CNc1cc(Nc2cc3c(cn2)cnn3C(c2ccccc2)(c2ccccc2)c2ccccc2)ncn1. The van der Waals surface area contributed by atoms with Crippen molar-refractivity contribution in [2.75, 3.05) is 23.8 Å². The van der Waals surface area contributed by atoms with E-state index in [0.717, 1.165) is 27.6 Å². The normalized spacial score (nSPS) is 11.9. The van der Waals surface area contributed by atoms with Gasteiger partial charge in [0.15, 0.2) is 0 Å². The van der Waals surface area contributed by atoms with Crippen LogP contribution in [0.3, 0.4) is 0 Å². The zero-order valence-electron chi connectivity index (χ0n) is 22.4. The second-order valence-electron chi connectivity index (χ2n) is 9.77. The number of aliphatic hydroxyl groups is 1. The average Bonchev–Trinajstić information content (AvgIpc) is 3.46. The molecule has 8 nitrogen and oxygen atoms in total. The van der Waals surface area contributed by atoms with Crippen LogP contribution >= 0.6 is 0 Å². The van der Waals surface area contributed by atoms with E-state index in [9.17, 15) is 8.78 Å². The Morgan fingerprint density at radius 3 is 1.81 bits per heavy atom. The lowest BCUT2D eigenvalue weighted by atomic mass is 9.77. The molecule has 10 heteroatoms. The molecule has 0 aliphatic rings. The Morgan fingerprint density at radius 1 is 0.690 bits per heavy atom. The number of fused-ring (bicyclic) bond motifs is 1. The van der Waals surface area contributed by atoms with Gasteiger partial charge in [-0.25, -0.2) is 28.4 Å². The minimum absolute atomic E-state index is 0.183. The molecule has 6 aromatic rings. The molecule has 3 N–H and O–H groups in total. The number of hydrogen-bond donors (Lipinski definition) is 3. The van der Waals surface area contributed by atoms with Gasteiger partial charge < -0.3 is 15.7 Å². The van der Waals surface area contributed by atoms with Crippen LogP contribution in [0.15, 0.2) is 122 Å². The highest BCUT2D eigenvalue weighted by Crippen LogP contribution is 2.42. The zero-order chi connectivity index (χ0) is 29.0. The molecule has 0 amide bonds. The topological polar surface area (TPSA) is 101 Å². The second kappa shape index (κ2) is 11.3. The van der Waals surface area contributed by atoms with E-state index < -0.39 is 24.6 Å². The summed E-state index contributed by atoms with van der Waals surface area (Å²) >= 11 is 0. The van der Waals surface area contributed by atoms with E-state index in [1.165, 1.54) is 12.4 Å². The molecule has 0 bridgehead atoms. The number of aromatic nitrogens is 5. The first kappa shape index (κ1) is 27.0. The maximum atomic E-state index is 13.5. The molecule has 6 rings (SSSR count). The third-order valence-electron chi connectivity index (χ3n) is 7.03. The van der Waals surface area contributed by atoms with Crippen molar-refractivity contribution in [2.45, 2.75) is 11.5 Å². The summed E-state index contributed by atoms with van der Waals surface area (Å²) < 4.78 is 29.0. The summed E-state index contributed by atoms with van der Waals surface area (Å²) in [5.74, 6) is -2.24. The zero-order valence-corrected chi connectivity index (χ0v) is 22.4. The number of hydrogen-bond acceptors (Lipinski definition) is 7. The number of alkyl halides is 2. The van der Waals surface area contributed by atoms with Gasteiger partial charge >= 0.3 is 0 Å². The van der Waals surface area contributed by atoms with Crippen LogP contribution in [0.2, 0.25) is 0 Å². The maximum absolute atomic E-state index is 13.5. The molecule has 3 aromatic carbocycles. The second-order valence-corrected chi connectivity index (χ2v) is 9.77. The lowest BCUT2D eigenvalue weighted by Gasteiger charge is -2.37. The van der Waals surface area contributed by atoms with Gasteiger partial charge in [0, 0.05) is 23.7 Å². The summed E-state index contributed by atoms with van der Waals surface area (Å²) in [4.78, 5) is 12.8. The fourth-order valence-corrected chi connectivity index (χ4v) is 5.09.